The molecule has 1 aliphatic rings. The Morgan fingerprint density at radius 2 is 2.06 bits per heavy atom. The summed E-state index contributed by atoms with van der Waals surface area (Å²) in [5.41, 5.74) is 3.55. The molecule has 0 bridgehead atoms. The van der Waals surface area contributed by atoms with Gasteiger partial charge in [0.25, 0.3) is 5.91 Å². The van der Waals surface area contributed by atoms with Gasteiger partial charge >= 0.3 is 0 Å². The van der Waals surface area contributed by atoms with Crippen LogP contribution in [0, 0.1) is 0 Å². The summed E-state index contributed by atoms with van der Waals surface area (Å²) in [6, 6.07) is 6.76. The summed E-state index contributed by atoms with van der Waals surface area (Å²) < 4.78 is 0. The summed E-state index contributed by atoms with van der Waals surface area (Å²) in [6.07, 6.45) is 2.51. The number of nitrogens with one attached hydrogen (secondary N) is 1. The number of nitrogens with zero attached hydrogens (tertiary/aromatic N) is 1. The van der Waals surface area contributed by atoms with E-state index >= 15 is 0 Å². The highest BCUT2D eigenvalue weighted by atomic mass is 35.5. The van der Waals surface area contributed by atoms with Crippen LogP contribution < -0.4 is 5.43 Å². The number of carbonyl (C=O) groups is 2. The number of hydrogen-bond donors (Lipinski definition) is 1. The van der Waals surface area contributed by atoms with Crippen molar-refractivity contribution in [1.82, 2.24) is 5.43 Å². The van der Waals surface area contributed by atoms with Gasteiger partial charge in [-0.05, 0) is 25.0 Å². The minimum absolute atomic E-state index is 0.173. The maximum absolute atomic E-state index is 11.8. The van der Waals surface area contributed by atoms with Gasteiger partial charge in [-0.3, -0.25) is 9.59 Å². The molecule has 0 aliphatic heterocycles. The van der Waals surface area contributed by atoms with Crippen LogP contribution >= 0.6 is 11.6 Å². The predicted octanol–water partition coefficient (Wildman–Crippen LogP) is 2.57. The first-order valence-corrected chi connectivity index (χ1v) is 6.16. The molecule has 0 unspecified atom stereocenters. The van der Waals surface area contributed by atoms with Crippen molar-refractivity contribution in [2.24, 2.45) is 5.10 Å². The second-order valence-electron chi connectivity index (χ2n) is 4.17. The molecule has 2 rings (SSSR count). The quantitative estimate of drug-likeness (QED) is 0.835. The average molecular weight is 265 g/mol. The molecule has 0 aromatic heterocycles. The highest BCUT2D eigenvalue weighted by Crippen LogP contribution is 2.15. The molecule has 0 saturated heterocycles. The van der Waals surface area contributed by atoms with Gasteiger partial charge in [-0.25, -0.2) is 5.43 Å². The van der Waals surface area contributed by atoms with Crippen LogP contribution in [0.2, 0.25) is 5.02 Å². The first-order valence-electron chi connectivity index (χ1n) is 5.79. The fourth-order valence-electron chi connectivity index (χ4n) is 1.82. The highest BCUT2D eigenvalue weighted by Gasteiger charge is 2.15. The number of hydrogen-bond acceptors (Lipinski definition) is 3. The van der Waals surface area contributed by atoms with E-state index in [-0.39, 0.29) is 11.7 Å². The third-order valence-corrected chi connectivity index (χ3v) is 3.09. The molecule has 1 aliphatic carbocycles. The zero-order chi connectivity index (χ0) is 13.0. The number of ketones is 1. The molecule has 5 heteroatoms. The SMILES string of the molecule is O=C1CCCC(=NNC(=O)c2ccccc2Cl)C1. The molecule has 1 aromatic rings. The molecule has 1 N–H and O–H groups in total. The van der Waals surface area contributed by atoms with E-state index in [1.54, 1.807) is 24.3 Å². The van der Waals surface area contributed by atoms with E-state index in [1.165, 1.54) is 0 Å². The van der Waals surface area contributed by atoms with Crippen LogP contribution in [0.25, 0.3) is 0 Å². The Labute approximate surface area is 110 Å². The fraction of sp³-hybridized carbons (Fsp3) is 0.308. The van der Waals surface area contributed by atoms with Crippen LogP contribution in [0.3, 0.4) is 0 Å². The topological polar surface area (TPSA) is 58.5 Å². The fourth-order valence-corrected chi connectivity index (χ4v) is 2.05. The summed E-state index contributed by atoms with van der Waals surface area (Å²) >= 11 is 5.90. The Bertz CT molecular complexity index is 511. The number of carbonyl (C=O) groups excluding carboxylic acids is 2. The first-order chi connectivity index (χ1) is 8.66. The number of amides is 1. The second-order valence-corrected chi connectivity index (χ2v) is 4.58. The maximum atomic E-state index is 11.8. The standard InChI is InChI=1S/C13H13ClN2O2/c14-12-7-2-1-6-11(12)13(18)16-15-9-4-3-5-10(17)8-9/h1-2,6-7H,3-5,8H2,(H,16,18). The molecule has 0 spiro atoms. The van der Waals surface area contributed by atoms with Gasteiger partial charge in [0.2, 0.25) is 0 Å². The lowest BCUT2D eigenvalue weighted by molar-refractivity contribution is -0.118. The lowest BCUT2D eigenvalue weighted by atomic mass is 9.97. The van der Waals surface area contributed by atoms with Crippen molar-refractivity contribution >= 4 is 29.0 Å². The van der Waals surface area contributed by atoms with Gasteiger partial charge in [0.15, 0.2) is 0 Å². The highest BCUT2D eigenvalue weighted by molar-refractivity contribution is 6.33. The predicted molar refractivity (Wildman–Crippen MR) is 69.8 cm³/mol. The van der Waals surface area contributed by atoms with Gasteiger partial charge in [-0.15, -0.1) is 0 Å². The van der Waals surface area contributed by atoms with Gasteiger partial charge in [-0.2, -0.15) is 5.10 Å². The molecule has 0 heterocycles. The number of rotatable bonds is 2. The lowest BCUT2D eigenvalue weighted by Crippen LogP contribution is -2.23. The van der Waals surface area contributed by atoms with Crippen LogP contribution in [0.15, 0.2) is 29.4 Å². The van der Waals surface area contributed by atoms with E-state index in [1.807, 2.05) is 0 Å². The smallest absolute Gasteiger partial charge is 0.272 e. The van der Waals surface area contributed by atoms with Crippen LogP contribution in [0.1, 0.15) is 36.0 Å². The third kappa shape index (κ3) is 3.17. The zero-order valence-electron chi connectivity index (χ0n) is 9.78. The third-order valence-electron chi connectivity index (χ3n) is 2.76. The summed E-state index contributed by atoms with van der Waals surface area (Å²) in [7, 11) is 0. The summed E-state index contributed by atoms with van der Waals surface area (Å²) in [5.74, 6) is -0.182. The molecular formula is C13H13ClN2O2. The zero-order valence-corrected chi connectivity index (χ0v) is 10.5. The summed E-state index contributed by atoms with van der Waals surface area (Å²) in [4.78, 5) is 23.0. The number of halogens is 1. The van der Waals surface area contributed by atoms with Crippen LogP contribution in [-0.4, -0.2) is 17.4 Å². The average Bonchev–Trinajstić information content (AvgIpc) is 2.37. The Balaban J connectivity index is 2.02. The van der Waals surface area contributed by atoms with Gasteiger partial charge in [-0.1, -0.05) is 23.7 Å². The number of hydrazone groups is 1. The maximum Gasteiger partial charge on any atom is 0.272 e. The Kier molecular flexibility index (Phi) is 4.10. The normalized spacial score (nSPS) is 17.8. The van der Waals surface area contributed by atoms with Crippen LogP contribution in [-0.2, 0) is 4.79 Å². The molecule has 1 amide bonds. The molecule has 1 fully saturated rings. The molecule has 1 saturated carbocycles. The van der Waals surface area contributed by atoms with Gasteiger partial charge in [0.1, 0.15) is 5.78 Å². The second kappa shape index (κ2) is 5.78. The van der Waals surface area contributed by atoms with Crippen molar-refractivity contribution in [2.75, 3.05) is 0 Å². The lowest BCUT2D eigenvalue weighted by Gasteiger charge is -2.11. The van der Waals surface area contributed by atoms with Crippen molar-refractivity contribution in [1.29, 1.82) is 0 Å². The monoisotopic (exact) mass is 264 g/mol. The van der Waals surface area contributed by atoms with E-state index < -0.39 is 0 Å². The van der Waals surface area contributed by atoms with E-state index in [2.05, 4.69) is 10.5 Å². The van der Waals surface area contributed by atoms with Crippen LogP contribution in [0.5, 0.6) is 0 Å². The molecule has 4 nitrogen and oxygen atoms in total. The molecule has 1 aromatic carbocycles. The summed E-state index contributed by atoms with van der Waals surface area (Å²) in [6.45, 7) is 0. The Hall–Kier alpha value is -1.68. The molecule has 18 heavy (non-hydrogen) atoms. The molecule has 94 valence electrons. The first kappa shape index (κ1) is 12.8. The minimum atomic E-state index is -0.355. The van der Waals surface area contributed by atoms with E-state index in [9.17, 15) is 9.59 Å². The van der Waals surface area contributed by atoms with Crippen molar-refractivity contribution in [3.05, 3.63) is 34.9 Å². The van der Waals surface area contributed by atoms with Crippen molar-refractivity contribution in [3.8, 4) is 0 Å². The number of Topliss-reactive ketones (excluding diaryl/α,β-unsaturated/α-hetero) is 1. The molecule has 0 atom stereocenters. The molecular weight excluding hydrogens is 252 g/mol. The van der Waals surface area contributed by atoms with Crippen molar-refractivity contribution < 1.29 is 9.59 Å². The van der Waals surface area contributed by atoms with E-state index in [0.717, 1.165) is 18.6 Å². The van der Waals surface area contributed by atoms with Crippen molar-refractivity contribution in [2.45, 2.75) is 25.7 Å². The van der Waals surface area contributed by atoms with Crippen molar-refractivity contribution in [3.63, 3.8) is 0 Å². The van der Waals surface area contributed by atoms with Gasteiger partial charge in [0.05, 0.1) is 10.6 Å². The Morgan fingerprint density at radius 3 is 2.78 bits per heavy atom. The number of benzene rings is 1. The Morgan fingerprint density at radius 1 is 1.28 bits per heavy atom. The van der Waals surface area contributed by atoms with Gasteiger partial charge < -0.3 is 0 Å². The van der Waals surface area contributed by atoms with Gasteiger partial charge in [0, 0.05) is 18.6 Å². The molecule has 0 radical (unpaired) electrons. The van der Waals surface area contributed by atoms with E-state index in [0.29, 0.717) is 23.4 Å². The van der Waals surface area contributed by atoms with E-state index in [4.69, 9.17) is 11.6 Å². The largest absolute Gasteiger partial charge is 0.299 e. The summed E-state index contributed by atoms with van der Waals surface area (Å²) in [5, 5.41) is 4.37. The van der Waals surface area contributed by atoms with Crippen LogP contribution in [0.4, 0.5) is 0 Å². The minimum Gasteiger partial charge on any atom is -0.299 e.